The topological polar surface area (TPSA) is 70.2 Å². The highest BCUT2D eigenvalue weighted by Crippen LogP contribution is 2.21. The van der Waals surface area contributed by atoms with Crippen molar-refractivity contribution in [3.63, 3.8) is 0 Å². The predicted molar refractivity (Wildman–Crippen MR) is 110 cm³/mol. The lowest BCUT2D eigenvalue weighted by molar-refractivity contribution is 0.102. The molecule has 0 aliphatic heterocycles. The molecule has 0 unspecified atom stereocenters. The minimum Gasteiger partial charge on any atom is -0.378 e. The van der Waals surface area contributed by atoms with E-state index in [-0.39, 0.29) is 5.91 Å². The molecule has 7 heteroatoms. The van der Waals surface area contributed by atoms with Gasteiger partial charge in [-0.15, -0.1) is 0 Å². The Morgan fingerprint density at radius 2 is 1.63 bits per heavy atom. The highest BCUT2D eigenvalue weighted by molar-refractivity contribution is 6.31. The summed E-state index contributed by atoms with van der Waals surface area (Å²) in [6.45, 7) is 1.90. The third kappa shape index (κ3) is 4.74. The van der Waals surface area contributed by atoms with Crippen molar-refractivity contribution in [2.24, 2.45) is 0 Å². The summed E-state index contributed by atoms with van der Waals surface area (Å²) in [4.78, 5) is 22.8. The molecule has 2 N–H and O–H groups in total. The second-order valence-electron chi connectivity index (χ2n) is 6.28. The summed E-state index contributed by atoms with van der Waals surface area (Å²) in [7, 11) is 3.97. The summed E-state index contributed by atoms with van der Waals surface area (Å²) in [6.07, 6.45) is 2.96. The number of rotatable bonds is 5. The fourth-order valence-electron chi connectivity index (χ4n) is 2.36. The van der Waals surface area contributed by atoms with Gasteiger partial charge in [0.2, 0.25) is 5.95 Å². The molecule has 0 atom stereocenters. The maximum absolute atomic E-state index is 12.3. The van der Waals surface area contributed by atoms with E-state index in [0.29, 0.717) is 22.2 Å². The van der Waals surface area contributed by atoms with Crippen LogP contribution in [0.25, 0.3) is 0 Å². The lowest BCUT2D eigenvalue weighted by atomic mass is 10.2. The second kappa shape index (κ2) is 8.05. The Morgan fingerprint density at radius 3 is 2.22 bits per heavy atom. The smallest absolute Gasteiger partial charge is 0.258 e. The first-order chi connectivity index (χ1) is 12.9. The first-order valence-electron chi connectivity index (χ1n) is 8.36. The van der Waals surface area contributed by atoms with E-state index in [0.717, 1.165) is 16.9 Å². The van der Waals surface area contributed by atoms with Crippen LogP contribution >= 0.6 is 11.6 Å². The molecular formula is C20H20ClN5O. The van der Waals surface area contributed by atoms with Gasteiger partial charge in [-0.1, -0.05) is 17.7 Å². The maximum atomic E-state index is 12.3. The number of nitrogens with one attached hydrogen (secondary N) is 2. The molecule has 1 aromatic heterocycles. The summed E-state index contributed by atoms with van der Waals surface area (Å²) in [6, 6.07) is 13.2. The van der Waals surface area contributed by atoms with Crippen LogP contribution in [0.1, 0.15) is 15.9 Å². The quantitative estimate of drug-likeness (QED) is 0.680. The molecule has 0 fully saturated rings. The predicted octanol–water partition coefficient (Wildman–Crippen LogP) is 4.50. The molecule has 3 aromatic rings. The number of nitrogens with zero attached hydrogens (tertiary/aromatic N) is 3. The van der Waals surface area contributed by atoms with Crippen molar-refractivity contribution in [2.45, 2.75) is 6.92 Å². The highest BCUT2D eigenvalue weighted by atomic mass is 35.5. The van der Waals surface area contributed by atoms with Crippen LogP contribution in [0.3, 0.4) is 0 Å². The number of benzene rings is 2. The van der Waals surface area contributed by atoms with Gasteiger partial charge in [-0.25, -0.2) is 9.97 Å². The van der Waals surface area contributed by atoms with Gasteiger partial charge in [0, 0.05) is 48.6 Å². The van der Waals surface area contributed by atoms with Gasteiger partial charge >= 0.3 is 0 Å². The minimum absolute atomic E-state index is 0.295. The molecule has 0 bridgehead atoms. The van der Waals surface area contributed by atoms with E-state index >= 15 is 0 Å². The molecule has 1 heterocycles. The van der Waals surface area contributed by atoms with Gasteiger partial charge in [0.1, 0.15) is 0 Å². The number of anilines is 4. The van der Waals surface area contributed by atoms with Gasteiger partial charge in [-0.2, -0.15) is 0 Å². The Balaban J connectivity index is 1.65. The zero-order chi connectivity index (χ0) is 19.4. The first kappa shape index (κ1) is 18.7. The van der Waals surface area contributed by atoms with Crippen LogP contribution in [0.2, 0.25) is 5.02 Å². The minimum atomic E-state index is -0.295. The number of amides is 1. The first-order valence-corrected chi connectivity index (χ1v) is 8.74. The Labute approximate surface area is 163 Å². The highest BCUT2D eigenvalue weighted by Gasteiger charge is 2.09. The molecule has 2 aromatic carbocycles. The van der Waals surface area contributed by atoms with Crippen LogP contribution in [0, 0.1) is 6.92 Å². The van der Waals surface area contributed by atoms with Crippen LogP contribution in [-0.4, -0.2) is 30.0 Å². The number of hydrogen-bond acceptors (Lipinski definition) is 5. The lowest BCUT2D eigenvalue weighted by Crippen LogP contribution is -2.13. The van der Waals surface area contributed by atoms with E-state index in [1.54, 1.807) is 12.1 Å². The van der Waals surface area contributed by atoms with Crippen molar-refractivity contribution >= 4 is 40.5 Å². The van der Waals surface area contributed by atoms with Crippen molar-refractivity contribution < 1.29 is 4.79 Å². The monoisotopic (exact) mass is 381 g/mol. The summed E-state index contributed by atoms with van der Waals surface area (Å²) >= 11 is 6.08. The van der Waals surface area contributed by atoms with E-state index in [9.17, 15) is 4.79 Å². The number of carbonyl (C=O) groups excluding carboxylic acids is 1. The lowest BCUT2D eigenvalue weighted by Gasteiger charge is -2.13. The number of halogens is 1. The van der Waals surface area contributed by atoms with Crippen molar-refractivity contribution in [1.29, 1.82) is 0 Å². The van der Waals surface area contributed by atoms with E-state index in [1.165, 1.54) is 12.4 Å². The molecular weight excluding hydrogens is 362 g/mol. The van der Waals surface area contributed by atoms with E-state index < -0.39 is 0 Å². The van der Waals surface area contributed by atoms with Crippen LogP contribution < -0.4 is 15.5 Å². The molecule has 0 aliphatic rings. The van der Waals surface area contributed by atoms with E-state index in [2.05, 4.69) is 20.6 Å². The molecule has 1 amide bonds. The van der Waals surface area contributed by atoms with Gasteiger partial charge in [-0.05, 0) is 48.9 Å². The van der Waals surface area contributed by atoms with Crippen LogP contribution in [0.4, 0.5) is 23.0 Å². The van der Waals surface area contributed by atoms with Crippen molar-refractivity contribution in [3.05, 3.63) is 71.0 Å². The number of aryl methyl sites for hydroxylation is 1. The molecule has 0 radical (unpaired) electrons. The summed E-state index contributed by atoms with van der Waals surface area (Å²) in [5, 5.41) is 6.49. The summed E-state index contributed by atoms with van der Waals surface area (Å²) < 4.78 is 0. The third-order valence-corrected chi connectivity index (χ3v) is 4.39. The molecule has 6 nitrogen and oxygen atoms in total. The largest absolute Gasteiger partial charge is 0.378 e. The molecule has 0 saturated heterocycles. The molecule has 3 rings (SSSR count). The Kier molecular flexibility index (Phi) is 5.57. The molecule has 27 heavy (non-hydrogen) atoms. The van der Waals surface area contributed by atoms with E-state index in [4.69, 9.17) is 11.6 Å². The zero-order valence-electron chi connectivity index (χ0n) is 15.3. The van der Waals surface area contributed by atoms with Crippen LogP contribution in [0.15, 0.2) is 54.9 Å². The van der Waals surface area contributed by atoms with Crippen molar-refractivity contribution in [1.82, 2.24) is 9.97 Å². The number of hydrogen-bond donors (Lipinski definition) is 2. The van der Waals surface area contributed by atoms with Gasteiger partial charge < -0.3 is 15.5 Å². The van der Waals surface area contributed by atoms with Crippen LogP contribution in [0.5, 0.6) is 0 Å². The van der Waals surface area contributed by atoms with Crippen molar-refractivity contribution in [2.75, 3.05) is 29.6 Å². The summed E-state index contributed by atoms with van der Waals surface area (Å²) in [5.41, 5.74) is 3.91. The van der Waals surface area contributed by atoms with Crippen LogP contribution in [-0.2, 0) is 0 Å². The average Bonchev–Trinajstić information content (AvgIpc) is 2.66. The molecule has 0 saturated carbocycles. The molecule has 0 spiro atoms. The average molecular weight is 382 g/mol. The molecule has 138 valence electrons. The fraction of sp³-hybridized carbons (Fsp3) is 0.150. The van der Waals surface area contributed by atoms with Gasteiger partial charge in [-0.3, -0.25) is 4.79 Å². The number of carbonyl (C=O) groups is 1. The fourth-order valence-corrected chi connectivity index (χ4v) is 2.54. The normalized spacial score (nSPS) is 10.4. The number of aromatic nitrogens is 2. The zero-order valence-corrected chi connectivity index (χ0v) is 16.1. The standard InChI is InChI=1S/C20H20ClN5O/c1-13-4-5-16(10-18(13)21)24-19(27)14-11-22-20(23-12-14)25-15-6-8-17(9-7-15)26(2)3/h4-12H,1-3H3,(H,24,27)(H,22,23,25). The SMILES string of the molecule is Cc1ccc(NC(=O)c2cnc(Nc3ccc(N(C)C)cc3)nc2)cc1Cl. The van der Waals surface area contributed by atoms with Gasteiger partial charge in [0.15, 0.2) is 0 Å². The van der Waals surface area contributed by atoms with Crippen molar-refractivity contribution in [3.8, 4) is 0 Å². The Morgan fingerprint density at radius 1 is 1.00 bits per heavy atom. The van der Waals surface area contributed by atoms with Gasteiger partial charge in [0.05, 0.1) is 5.56 Å². The van der Waals surface area contributed by atoms with E-state index in [1.807, 2.05) is 56.3 Å². The maximum Gasteiger partial charge on any atom is 0.258 e. The molecule has 0 aliphatic carbocycles. The Hall–Kier alpha value is -3.12. The Bertz CT molecular complexity index is 940. The summed E-state index contributed by atoms with van der Waals surface area (Å²) in [5.74, 6) is 0.124. The third-order valence-electron chi connectivity index (χ3n) is 3.98. The second-order valence-corrected chi connectivity index (χ2v) is 6.69. The van der Waals surface area contributed by atoms with Gasteiger partial charge in [0.25, 0.3) is 5.91 Å².